The summed E-state index contributed by atoms with van der Waals surface area (Å²) in [6, 6.07) is 0. The summed E-state index contributed by atoms with van der Waals surface area (Å²) in [5.41, 5.74) is 0. The smallest absolute Gasteiger partial charge is 0.0662 e. The van der Waals surface area contributed by atoms with Gasteiger partial charge in [-0.15, -0.1) is 0 Å². The molecule has 0 bridgehead atoms. The standard InChI is InChI=1S/C2H6O2/c3-1-2-4/h3-4H,1-2H2/i1+2,2+2. The first kappa shape index (κ1) is 3.92. The van der Waals surface area contributed by atoms with E-state index in [-0.39, 0.29) is 13.2 Å². The van der Waals surface area contributed by atoms with Gasteiger partial charge in [-0.3, -0.25) is 0 Å². The minimum Gasteiger partial charge on any atom is -0.394 e. The van der Waals surface area contributed by atoms with Crippen molar-refractivity contribution >= 4 is 0 Å². The van der Waals surface area contributed by atoms with Crippen LogP contribution in [0.5, 0.6) is 0 Å². The Morgan fingerprint density at radius 2 is 1.25 bits per heavy atom. The van der Waals surface area contributed by atoms with Gasteiger partial charge in [0.1, 0.15) is 0 Å². The van der Waals surface area contributed by atoms with Crippen LogP contribution in [-0.2, 0) is 0 Å². The van der Waals surface area contributed by atoms with Gasteiger partial charge in [0.15, 0.2) is 0 Å². The largest absolute Gasteiger partial charge is 0.394 e. The Hall–Kier alpha value is -0.0800. The third-order valence-corrected chi connectivity index (χ3v) is 0.1000. The maximum atomic E-state index is 7.62. The molecule has 0 aromatic rings. The number of hydrogen-bond donors (Lipinski definition) is 2. The first-order chi connectivity index (χ1) is 1.91. The second-order valence-electron chi connectivity index (χ2n) is 0.447. The molecule has 4 heavy (non-hydrogen) atoms. The van der Waals surface area contributed by atoms with Gasteiger partial charge in [-0.05, 0) is 0 Å². The Labute approximate surface area is 24.7 Å². The van der Waals surface area contributed by atoms with Crippen LogP contribution >= 0.6 is 0 Å². The molecule has 2 heteroatoms. The number of hydrogen-bond acceptors (Lipinski definition) is 2. The summed E-state index contributed by atoms with van der Waals surface area (Å²) >= 11 is 0. The van der Waals surface area contributed by atoms with Gasteiger partial charge in [0, 0.05) is 0 Å². The van der Waals surface area contributed by atoms with E-state index < -0.39 is 0 Å². The van der Waals surface area contributed by atoms with Crippen molar-refractivity contribution in [2.45, 2.75) is 0 Å². The molecule has 2 nitrogen and oxygen atoms in total. The van der Waals surface area contributed by atoms with Crippen molar-refractivity contribution in [3.05, 3.63) is 0 Å². The van der Waals surface area contributed by atoms with Gasteiger partial charge < -0.3 is 10.2 Å². The van der Waals surface area contributed by atoms with Gasteiger partial charge in [-0.1, -0.05) is 0 Å². The molecular formula is C2H6O2. The van der Waals surface area contributed by atoms with Crippen LogP contribution in [0.15, 0.2) is 0 Å². The van der Waals surface area contributed by atoms with Crippen LogP contribution in [0.3, 0.4) is 0 Å². The van der Waals surface area contributed by atoms with Crippen LogP contribution < -0.4 is 0 Å². The lowest BCUT2D eigenvalue weighted by atomic mass is 12.7. The molecule has 0 saturated heterocycles. The Kier molecular flexibility index (Phi) is 2.86. The van der Waals surface area contributed by atoms with Crippen LogP contribution in [0.25, 0.3) is 0 Å². The molecule has 0 radical (unpaired) electrons. The predicted octanol–water partition coefficient (Wildman–Crippen LogP) is -1.03. The van der Waals surface area contributed by atoms with Crippen LogP contribution in [0, 0.1) is 0 Å². The monoisotopic (exact) mass is 66.0 g/mol. The highest BCUT2D eigenvalue weighted by atomic mass is 16.6. The molecule has 0 aliphatic carbocycles. The van der Waals surface area contributed by atoms with E-state index in [1.54, 1.807) is 0 Å². The van der Waals surface area contributed by atoms with Crippen molar-refractivity contribution in [2.24, 2.45) is 0 Å². The van der Waals surface area contributed by atoms with Crippen molar-refractivity contribution in [2.75, 3.05) is 13.2 Å². The SMILES string of the molecule is O[14CH2][14CH2]O. The molecule has 0 aromatic heterocycles. The summed E-state index contributed by atoms with van der Waals surface area (Å²) in [5, 5.41) is 15.2. The molecule has 0 rings (SSSR count). The first-order valence-corrected chi connectivity index (χ1v) is 1.13. The fraction of sp³-hybridized carbons (Fsp3) is 1.00. The molecule has 0 fully saturated rings. The van der Waals surface area contributed by atoms with E-state index in [2.05, 4.69) is 0 Å². The van der Waals surface area contributed by atoms with Crippen LogP contribution in [0.1, 0.15) is 0 Å². The van der Waals surface area contributed by atoms with E-state index in [0.717, 1.165) is 0 Å². The summed E-state index contributed by atoms with van der Waals surface area (Å²) in [5.74, 6) is 0. The zero-order valence-electron chi connectivity index (χ0n) is 2.31. The Bertz CT molecular complexity index is 6.00. The lowest BCUT2D eigenvalue weighted by Gasteiger charge is -1.70. The van der Waals surface area contributed by atoms with Gasteiger partial charge in [0.05, 0.1) is 13.2 Å². The molecule has 26 valence electrons. The topological polar surface area (TPSA) is 40.5 Å². The molecule has 0 atom stereocenters. The Morgan fingerprint density at radius 1 is 1.00 bits per heavy atom. The summed E-state index contributed by atoms with van der Waals surface area (Å²) in [4.78, 5) is 0. The van der Waals surface area contributed by atoms with E-state index in [4.69, 9.17) is 10.2 Å². The molecule has 0 aliphatic heterocycles. The minimum absolute atomic E-state index is 0.125. The molecule has 0 heterocycles. The van der Waals surface area contributed by atoms with Crippen molar-refractivity contribution < 1.29 is 10.2 Å². The zero-order chi connectivity index (χ0) is 3.41. The van der Waals surface area contributed by atoms with Crippen molar-refractivity contribution in [1.82, 2.24) is 0 Å². The fourth-order valence-electron chi connectivity index (χ4n) is 0. The fourth-order valence-corrected chi connectivity index (χ4v) is 0. The molecule has 0 aromatic carbocycles. The third kappa shape index (κ3) is 1.92. The van der Waals surface area contributed by atoms with Crippen LogP contribution in [0.2, 0.25) is 0 Å². The minimum atomic E-state index is -0.125. The van der Waals surface area contributed by atoms with Crippen molar-refractivity contribution in [3.63, 3.8) is 0 Å². The summed E-state index contributed by atoms with van der Waals surface area (Å²) < 4.78 is 0. The molecule has 0 amide bonds. The first-order valence-electron chi connectivity index (χ1n) is 1.13. The van der Waals surface area contributed by atoms with Gasteiger partial charge in [-0.2, -0.15) is 0 Å². The highest BCUT2D eigenvalue weighted by molar-refractivity contribution is 4.06. The average molecular weight is 66.1 g/mol. The van der Waals surface area contributed by atoms with E-state index in [0.29, 0.717) is 0 Å². The maximum Gasteiger partial charge on any atom is 0.0662 e. The number of rotatable bonds is 1. The van der Waals surface area contributed by atoms with Crippen LogP contribution in [0.4, 0.5) is 0 Å². The Balaban J connectivity index is 1.97. The molecule has 0 unspecified atom stereocenters. The highest BCUT2D eigenvalue weighted by Crippen LogP contribution is 1.39. The van der Waals surface area contributed by atoms with E-state index in [1.807, 2.05) is 0 Å². The summed E-state index contributed by atoms with van der Waals surface area (Å²) in [6.07, 6.45) is 0. The number of aliphatic hydroxyl groups excluding tert-OH is 2. The van der Waals surface area contributed by atoms with Crippen molar-refractivity contribution in [1.29, 1.82) is 0 Å². The van der Waals surface area contributed by atoms with Crippen LogP contribution in [-0.4, -0.2) is 23.4 Å². The normalized spacial score (nSPS) is 7.50. The zero-order valence-corrected chi connectivity index (χ0v) is 2.31. The van der Waals surface area contributed by atoms with Crippen molar-refractivity contribution in [3.8, 4) is 0 Å². The molecular weight excluding hydrogens is 60.0 g/mol. The third-order valence-electron chi connectivity index (χ3n) is 0.1000. The molecule has 0 spiro atoms. The predicted molar refractivity (Wildman–Crippen MR) is 14.2 cm³/mol. The summed E-state index contributed by atoms with van der Waals surface area (Å²) in [6.45, 7) is -0.250. The van der Waals surface area contributed by atoms with Gasteiger partial charge in [0.2, 0.25) is 0 Å². The molecule has 2 N–H and O–H groups in total. The second-order valence-corrected chi connectivity index (χ2v) is 0.447. The van der Waals surface area contributed by atoms with Gasteiger partial charge in [0.25, 0.3) is 0 Å². The van der Waals surface area contributed by atoms with E-state index in [9.17, 15) is 0 Å². The lowest BCUT2D eigenvalue weighted by molar-refractivity contribution is 0.186. The van der Waals surface area contributed by atoms with Gasteiger partial charge in [-0.25, -0.2) is 0 Å². The maximum absolute atomic E-state index is 7.62. The highest BCUT2D eigenvalue weighted by Gasteiger charge is 1.58. The average Bonchev–Trinajstić information content (AvgIpc) is 1.37. The lowest BCUT2D eigenvalue weighted by Crippen LogP contribution is -1.85. The summed E-state index contributed by atoms with van der Waals surface area (Å²) in [7, 11) is 0. The Morgan fingerprint density at radius 3 is 1.25 bits per heavy atom. The van der Waals surface area contributed by atoms with E-state index in [1.165, 1.54) is 0 Å². The second kappa shape index (κ2) is 2.92. The molecule has 0 aliphatic rings. The van der Waals surface area contributed by atoms with Gasteiger partial charge >= 0.3 is 0 Å². The quantitative estimate of drug-likeness (QED) is 0.411. The number of aliphatic hydroxyl groups is 2. The molecule has 0 saturated carbocycles. The van der Waals surface area contributed by atoms with E-state index >= 15 is 0 Å².